The predicted molar refractivity (Wildman–Crippen MR) is 109 cm³/mol. The molecule has 4 bridgehead atoms. The zero-order valence-electron chi connectivity index (χ0n) is 15.9. The van der Waals surface area contributed by atoms with E-state index in [4.69, 9.17) is 4.99 Å². The molecule has 1 aromatic carbocycles. The number of hydrogen-bond acceptors (Lipinski definition) is 2. The Morgan fingerprint density at radius 2 is 1.73 bits per heavy atom. The third-order valence-corrected chi connectivity index (χ3v) is 7.89. The Morgan fingerprint density at radius 3 is 2.35 bits per heavy atom. The van der Waals surface area contributed by atoms with E-state index in [0.717, 1.165) is 53.6 Å². The fourth-order valence-corrected chi connectivity index (χ4v) is 7.19. The van der Waals surface area contributed by atoms with Gasteiger partial charge in [-0.25, -0.2) is 0 Å². The molecular weight excluding hydrogens is 386 g/mol. The average molecular weight is 414 g/mol. The minimum absolute atomic E-state index is 0.0228. The molecule has 4 aliphatic carbocycles. The first-order chi connectivity index (χ1) is 12.3. The molecule has 0 aromatic heterocycles. The number of aliphatic imine (C=N–C) groups is 1. The monoisotopic (exact) mass is 413 g/mol. The van der Waals surface area contributed by atoms with Crippen LogP contribution in [0.5, 0.6) is 0 Å². The van der Waals surface area contributed by atoms with Gasteiger partial charge in [0.25, 0.3) is 0 Å². The number of carbonyl (C=O) groups is 1. The van der Waals surface area contributed by atoms with Crippen LogP contribution in [-0.2, 0) is 11.2 Å². The Morgan fingerprint density at radius 1 is 1.12 bits per heavy atom. The molecule has 0 spiro atoms. The second-order valence-electron chi connectivity index (χ2n) is 10.1. The Kier molecular flexibility index (Phi) is 3.81. The van der Waals surface area contributed by atoms with Crippen LogP contribution in [0.1, 0.15) is 69.9 Å². The van der Waals surface area contributed by atoms with E-state index in [1.807, 2.05) is 0 Å². The molecule has 4 saturated carbocycles. The molecule has 0 N–H and O–H groups in total. The maximum absolute atomic E-state index is 13.6. The standard InChI is InChI=1S/C23H28BrNO/c1-22(2)13-17-3-4-18(24)8-19(17)20(25-22)9-21(26)23-10-14-5-15(11-23)7-16(6-14)12-23/h3-4,8,14-16H,5-7,9-13H2,1-2H3. The van der Waals surface area contributed by atoms with Crippen molar-refractivity contribution in [2.24, 2.45) is 28.2 Å². The third-order valence-electron chi connectivity index (χ3n) is 7.40. The molecule has 3 heteroatoms. The fourth-order valence-electron chi connectivity index (χ4n) is 6.83. The highest BCUT2D eigenvalue weighted by molar-refractivity contribution is 9.10. The first kappa shape index (κ1) is 17.2. The molecule has 0 unspecified atom stereocenters. The highest BCUT2D eigenvalue weighted by Crippen LogP contribution is 2.60. The van der Waals surface area contributed by atoms with Crippen LogP contribution in [0.15, 0.2) is 27.7 Å². The Bertz CT molecular complexity index is 771. The van der Waals surface area contributed by atoms with Crippen molar-refractivity contribution in [3.63, 3.8) is 0 Å². The van der Waals surface area contributed by atoms with E-state index in [9.17, 15) is 4.79 Å². The molecule has 4 fully saturated rings. The molecule has 0 radical (unpaired) electrons. The van der Waals surface area contributed by atoms with Crippen LogP contribution in [0.3, 0.4) is 0 Å². The molecule has 1 aliphatic heterocycles. The first-order valence-corrected chi connectivity index (χ1v) is 11.0. The molecule has 138 valence electrons. The highest BCUT2D eigenvalue weighted by atomic mass is 79.9. The third kappa shape index (κ3) is 2.82. The van der Waals surface area contributed by atoms with Gasteiger partial charge in [-0.3, -0.25) is 9.79 Å². The summed E-state index contributed by atoms with van der Waals surface area (Å²) in [5, 5.41) is 0. The van der Waals surface area contributed by atoms with Gasteiger partial charge < -0.3 is 0 Å². The Hall–Kier alpha value is -0.960. The van der Waals surface area contributed by atoms with Crippen molar-refractivity contribution < 1.29 is 4.79 Å². The van der Waals surface area contributed by atoms with E-state index in [1.54, 1.807) is 0 Å². The molecule has 5 aliphatic rings. The second-order valence-corrected chi connectivity index (χ2v) is 11.1. The fraction of sp³-hybridized carbons (Fsp3) is 0.652. The number of hydrogen-bond donors (Lipinski definition) is 0. The van der Waals surface area contributed by atoms with Crippen molar-refractivity contribution in [1.29, 1.82) is 0 Å². The molecule has 0 saturated heterocycles. The van der Waals surface area contributed by atoms with Gasteiger partial charge in [-0.1, -0.05) is 22.0 Å². The summed E-state index contributed by atoms with van der Waals surface area (Å²) < 4.78 is 1.07. The van der Waals surface area contributed by atoms with E-state index in [0.29, 0.717) is 12.2 Å². The van der Waals surface area contributed by atoms with Gasteiger partial charge in [0.15, 0.2) is 0 Å². The summed E-state index contributed by atoms with van der Waals surface area (Å²) in [5.74, 6) is 2.93. The lowest BCUT2D eigenvalue weighted by Gasteiger charge is -2.56. The van der Waals surface area contributed by atoms with Crippen LogP contribution in [0.25, 0.3) is 0 Å². The zero-order chi connectivity index (χ0) is 18.1. The number of fused-ring (bicyclic) bond motifs is 1. The van der Waals surface area contributed by atoms with Gasteiger partial charge in [-0.15, -0.1) is 0 Å². The second kappa shape index (κ2) is 5.77. The van der Waals surface area contributed by atoms with E-state index in [1.165, 1.54) is 30.4 Å². The van der Waals surface area contributed by atoms with Crippen molar-refractivity contribution in [2.45, 2.75) is 70.8 Å². The molecule has 26 heavy (non-hydrogen) atoms. The molecule has 6 rings (SSSR count). The SMILES string of the molecule is CC1(C)Cc2ccc(Br)cc2C(CC(=O)C23CC4CC(CC(C4)C2)C3)=N1. The molecule has 1 aromatic rings. The Labute approximate surface area is 165 Å². The minimum atomic E-state index is -0.113. The van der Waals surface area contributed by atoms with Crippen molar-refractivity contribution in [1.82, 2.24) is 0 Å². The lowest BCUT2D eigenvalue weighted by Crippen LogP contribution is -2.50. The van der Waals surface area contributed by atoms with Gasteiger partial charge in [0.05, 0.1) is 11.3 Å². The number of halogens is 1. The van der Waals surface area contributed by atoms with Crippen molar-refractivity contribution in [2.75, 3.05) is 0 Å². The zero-order valence-corrected chi connectivity index (χ0v) is 17.4. The van der Waals surface area contributed by atoms with Gasteiger partial charge in [0, 0.05) is 21.9 Å². The maximum atomic E-state index is 13.6. The number of rotatable bonds is 3. The summed E-state index contributed by atoms with van der Waals surface area (Å²) in [6, 6.07) is 6.47. The molecule has 1 heterocycles. The number of Topliss-reactive ketones (excluding diaryl/α,β-unsaturated/α-hetero) is 1. The maximum Gasteiger partial charge on any atom is 0.145 e. The van der Waals surface area contributed by atoms with Crippen LogP contribution in [-0.4, -0.2) is 17.0 Å². The lowest BCUT2D eigenvalue weighted by atomic mass is 9.48. The van der Waals surface area contributed by atoms with Gasteiger partial charge in [-0.05, 0) is 94.2 Å². The number of ketones is 1. The summed E-state index contributed by atoms with van der Waals surface area (Å²) in [4.78, 5) is 18.6. The lowest BCUT2D eigenvalue weighted by molar-refractivity contribution is -0.142. The van der Waals surface area contributed by atoms with E-state index < -0.39 is 0 Å². The summed E-state index contributed by atoms with van der Waals surface area (Å²) >= 11 is 3.60. The minimum Gasteiger partial charge on any atom is -0.299 e. The van der Waals surface area contributed by atoms with Crippen LogP contribution in [0.2, 0.25) is 0 Å². The molecule has 0 amide bonds. The number of benzene rings is 1. The normalized spacial score (nSPS) is 36.6. The van der Waals surface area contributed by atoms with Crippen molar-refractivity contribution in [3.05, 3.63) is 33.8 Å². The van der Waals surface area contributed by atoms with Crippen LogP contribution < -0.4 is 0 Å². The summed E-state index contributed by atoms with van der Waals surface area (Å²) in [6.45, 7) is 4.38. The molecular formula is C23H28BrNO. The van der Waals surface area contributed by atoms with Gasteiger partial charge >= 0.3 is 0 Å². The Balaban J connectivity index is 1.46. The van der Waals surface area contributed by atoms with Crippen molar-refractivity contribution in [3.8, 4) is 0 Å². The smallest absolute Gasteiger partial charge is 0.145 e. The highest BCUT2D eigenvalue weighted by Gasteiger charge is 2.54. The van der Waals surface area contributed by atoms with Crippen LogP contribution in [0, 0.1) is 23.2 Å². The first-order valence-electron chi connectivity index (χ1n) is 10.2. The topological polar surface area (TPSA) is 29.4 Å². The van der Waals surface area contributed by atoms with E-state index in [-0.39, 0.29) is 11.0 Å². The molecule has 2 nitrogen and oxygen atoms in total. The summed E-state index contributed by atoms with van der Waals surface area (Å²) in [6.07, 6.45) is 9.09. The van der Waals surface area contributed by atoms with E-state index >= 15 is 0 Å². The number of nitrogens with zero attached hydrogens (tertiary/aromatic N) is 1. The van der Waals surface area contributed by atoms with Gasteiger partial charge in [0.2, 0.25) is 0 Å². The number of carbonyl (C=O) groups excluding carboxylic acids is 1. The summed E-state index contributed by atoms with van der Waals surface area (Å²) in [7, 11) is 0. The van der Waals surface area contributed by atoms with Gasteiger partial charge in [0.1, 0.15) is 5.78 Å². The van der Waals surface area contributed by atoms with Gasteiger partial charge in [-0.2, -0.15) is 0 Å². The van der Waals surface area contributed by atoms with E-state index in [2.05, 4.69) is 48.0 Å². The van der Waals surface area contributed by atoms with Crippen LogP contribution >= 0.6 is 15.9 Å². The molecule has 0 atom stereocenters. The average Bonchev–Trinajstić information content (AvgIpc) is 2.53. The predicted octanol–water partition coefficient (Wildman–Crippen LogP) is 5.75. The quantitative estimate of drug-likeness (QED) is 0.619. The largest absolute Gasteiger partial charge is 0.299 e. The summed E-state index contributed by atoms with van der Waals surface area (Å²) in [5.41, 5.74) is 3.42. The van der Waals surface area contributed by atoms with Crippen molar-refractivity contribution >= 4 is 27.4 Å². The van der Waals surface area contributed by atoms with Crippen LogP contribution in [0.4, 0.5) is 0 Å².